The summed E-state index contributed by atoms with van der Waals surface area (Å²) in [5, 5.41) is 32.8. The van der Waals surface area contributed by atoms with Crippen LogP contribution in [-0.4, -0.2) is 57.2 Å². The van der Waals surface area contributed by atoms with Crippen LogP contribution in [0.2, 0.25) is 0 Å². The molecule has 2 aliphatic heterocycles. The molecule has 1 saturated heterocycles. The van der Waals surface area contributed by atoms with E-state index in [9.17, 15) is 15.3 Å². The largest absolute Gasteiger partial charge is 0.504 e. The second-order valence-corrected chi connectivity index (χ2v) is 7.74. The lowest BCUT2D eigenvalue weighted by atomic mass is 9.48. The highest BCUT2D eigenvalue weighted by Gasteiger charge is 2.72. The predicted molar refractivity (Wildman–Crippen MR) is 95.5 cm³/mol. The fraction of sp³-hybridized carbons (Fsp3) is 0.579. The van der Waals surface area contributed by atoms with Crippen molar-refractivity contribution in [2.45, 2.75) is 54.9 Å². The molecule has 2 heterocycles. The first-order valence-corrected chi connectivity index (χ1v) is 8.80. The smallest absolute Gasteiger partial charge is 0.165 e. The van der Waals surface area contributed by atoms with Crippen LogP contribution < -0.4 is 4.74 Å². The molecule has 1 spiro atoms. The van der Waals surface area contributed by atoms with Crippen molar-refractivity contribution < 1.29 is 20.1 Å². The van der Waals surface area contributed by atoms with Crippen molar-refractivity contribution in [1.82, 2.24) is 4.90 Å². The number of phenols is 1. The topological polar surface area (TPSA) is 73.2 Å². The van der Waals surface area contributed by atoms with Crippen LogP contribution in [0.3, 0.4) is 0 Å². The van der Waals surface area contributed by atoms with Gasteiger partial charge in [0.05, 0.1) is 17.1 Å². The van der Waals surface area contributed by atoms with E-state index in [0.29, 0.717) is 18.6 Å². The normalized spacial score (nSPS) is 40.6. The van der Waals surface area contributed by atoms with Crippen molar-refractivity contribution in [3.63, 3.8) is 0 Å². The van der Waals surface area contributed by atoms with Gasteiger partial charge in [-0.1, -0.05) is 12.1 Å². The molecule has 25 heavy (non-hydrogen) atoms. The van der Waals surface area contributed by atoms with Gasteiger partial charge in [0.1, 0.15) is 6.10 Å². The average Bonchev–Trinajstić information content (AvgIpc) is 2.91. The van der Waals surface area contributed by atoms with E-state index in [1.165, 1.54) is 0 Å². The Bertz CT molecular complexity index is 740. The highest BCUT2D eigenvalue weighted by molar-refractivity contribution is 5.85. The lowest BCUT2D eigenvalue weighted by molar-refractivity contribution is -0.206. The zero-order valence-corrected chi connectivity index (χ0v) is 14.8. The molecule has 3 N–H and O–H groups in total. The first kappa shape index (κ1) is 17.2. The van der Waals surface area contributed by atoms with E-state index in [-0.39, 0.29) is 24.2 Å². The number of piperidine rings is 1. The minimum Gasteiger partial charge on any atom is -0.504 e. The number of aromatic hydroxyl groups is 1. The molecule has 2 bridgehead atoms. The number of likely N-dealkylation sites (tertiary alicyclic amines) is 1. The summed E-state index contributed by atoms with van der Waals surface area (Å²) >= 11 is 0. The van der Waals surface area contributed by atoms with E-state index in [1.807, 2.05) is 12.1 Å². The molecule has 1 aromatic rings. The van der Waals surface area contributed by atoms with Gasteiger partial charge in [-0.25, -0.2) is 0 Å². The molecule has 5 nitrogen and oxygen atoms in total. The number of rotatable bonds is 2. The van der Waals surface area contributed by atoms with Gasteiger partial charge >= 0.3 is 0 Å². The Labute approximate surface area is 153 Å². The first-order valence-electron chi connectivity index (χ1n) is 8.80. The number of ether oxygens (including phenoxy) is 1. The summed E-state index contributed by atoms with van der Waals surface area (Å²) in [5.41, 5.74) is 0.518. The number of nitrogens with zero attached hydrogens (tertiary/aromatic N) is 1. The van der Waals surface area contributed by atoms with Crippen LogP contribution in [0.5, 0.6) is 11.5 Å². The Morgan fingerprint density at radius 2 is 2.16 bits per heavy atom. The van der Waals surface area contributed by atoms with Gasteiger partial charge in [-0.2, -0.15) is 0 Å². The summed E-state index contributed by atoms with van der Waals surface area (Å²) in [6.45, 7) is 5.44. The molecule has 5 atom stereocenters. The van der Waals surface area contributed by atoms with Crippen molar-refractivity contribution >= 4 is 12.4 Å². The molecule has 0 unspecified atom stereocenters. The Balaban J connectivity index is 0.00000157. The van der Waals surface area contributed by atoms with Crippen LogP contribution in [0, 0.1) is 0 Å². The number of aliphatic hydroxyl groups is 2. The number of hydrogen-bond donors (Lipinski definition) is 3. The Kier molecular flexibility index (Phi) is 3.68. The van der Waals surface area contributed by atoms with Crippen molar-refractivity contribution in [2.75, 3.05) is 13.1 Å². The highest BCUT2D eigenvalue weighted by atomic mass is 35.5. The lowest BCUT2D eigenvalue weighted by Crippen LogP contribution is -2.77. The third-order valence-electron chi connectivity index (χ3n) is 6.91. The number of hydrogen-bond acceptors (Lipinski definition) is 5. The first-order chi connectivity index (χ1) is 11.5. The maximum atomic E-state index is 11.9. The van der Waals surface area contributed by atoms with Crippen molar-refractivity contribution in [2.24, 2.45) is 0 Å². The van der Waals surface area contributed by atoms with Crippen LogP contribution >= 0.6 is 12.4 Å². The van der Waals surface area contributed by atoms with E-state index in [1.54, 1.807) is 6.07 Å². The molecule has 0 amide bonds. The number of phenolic OH excluding ortho intramolecular Hbond substituents is 1. The summed E-state index contributed by atoms with van der Waals surface area (Å²) < 4.78 is 6.08. The molecule has 2 fully saturated rings. The van der Waals surface area contributed by atoms with Crippen LogP contribution in [-0.2, 0) is 11.8 Å². The molecular formula is C19H24ClNO4. The molecule has 136 valence electrons. The van der Waals surface area contributed by atoms with Gasteiger partial charge in [-0.15, -0.1) is 19.0 Å². The lowest BCUT2D eigenvalue weighted by Gasteiger charge is -2.63. The molecule has 1 aromatic carbocycles. The van der Waals surface area contributed by atoms with Crippen molar-refractivity contribution in [3.8, 4) is 11.5 Å². The summed E-state index contributed by atoms with van der Waals surface area (Å²) in [5.74, 6) is 0.589. The Hall–Kier alpha value is -1.27. The highest BCUT2D eigenvalue weighted by Crippen LogP contribution is 2.65. The average molecular weight is 366 g/mol. The molecular weight excluding hydrogens is 342 g/mol. The quantitative estimate of drug-likeness (QED) is 0.693. The summed E-state index contributed by atoms with van der Waals surface area (Å²) in [6.07, 6.45) is 3.33. The van der Waals surface area contributed by atoms with Crippen molar-refractivity contribution in [1.29, 1.82) is 0 Å². The number of aliphatic hydroxyl groups excluding tert-OH is 1. The van der Waals surface area contributed by atoms with Crippen LogP contribution in [0.15, 0.2) is 24.8 Å². The predicted octanol–water partition coefficient (Wildman–Crippen LogP) is 1.51. The van der Waals surface area contributed by atoms with E-state index in [2.05, 4.69) is 11.5 Å². The summed E-state index contributed by atoms with van der Waals surface area (Å²) in [6, 6.07) is 3.62. The van der Waals surface area contributed by atoms with Gasteiger partial charge in [0, 0.05) is 18.2 Å². The SMILES string of the molecule is C=CCN1CC[C@]23c4c5ccc(O)c4O[C@@H]2[C@@H](O)CC[C@@]3(O)[C@H]1C5.Cl. The van der Waals surface area contributed by atoms with Gasteiger partial charge in [0.25, 0.3) is 0 Å². The van der Waals surface area contributed by atoms with E-state index < -0.39 is 23.2 Å². The van der Waals surface area contributed by atoms with Crippen LogP contribution in [0.1, 0.15) is 30.4 Å². The molecule has 0 aromatic heterocycles. The molecule has 5 rings (SSSR count). The monoisotopic (exact) mass is 365 g/mol. The van der Waals surface area contributed by atoms with Gasteiger partial charge < -0.3 is 20.1 Å². The van der Waals surface area contributed by atoms with E-state index in [4.69, 9.17) is 4.74 Å². The second-order valence-electron chi connectivity index (χ2n) is 7.74. The Morgan fingerprint density at radius 1 is 1.36 bits per heavy atom. The second kappa shape index (κ2) is 5.36. The summed E-state index contributed by atoms with van der Waals surface area (Å²) in [7, 11) is 0. The molecule has 4 aliphatic rings. The third-order valence-corrected chi connectivity index (χ3v) is 6.91. The molecule has 6 heteroatoms. The number of benzene rings is 1. The zero-order valence-electron chi connectivity index (χ0n) is 14.0. The van der Waals surface area contributed by atoms with Gasteiger partial charge in [-0.05, 0) is 43.9 Å². The molecule has 0 radical (unpaired) electrons. The molecule has 1 saturated carbocycles. The minimum atomic E-state index is -0.940. The molecule has 2 aliphatic carbocycles. The van der Waals surface area contributed by atoms with Crippen LogP contribution in [0.25, 0.3) is 0 Å². The maximum Gasteiger partial charge on any atom is 0.165 e. The fourth-order valence-corrected chi connectivity index (χ4v) is 5.99. The van der Waals surface area contributed by atoms with Gasteiger partial charge in [0.2, 0.25) is 0 Å². The minimum absolute atomic E-state index is 0. The summed E-state index contributed by atoms with van der Waals surface area (Å²) in [4.78, 5) is 2.31. The van der Waals surface area contributed by atoms with E-state index in [0.717, 1.165) is 37.1 Å². The standard InChI is InChI=1S/C19H23NO4.ClH/c1-2-8-20-9-7-18-15-11-3-4-12(21)16(15)24-17(18)13(22)5-6-19(18,23)14(20)10-11;/h2-4,13-14,17,21-23H,1,5-10H2;1H/t13-,14+,17+,18-,19+;/m0./s1. The van der Waals surface area contributed by atoms with E-state index >= 15 is 0 Å². The Morgan fingerprint density at radius 3 is 2.92 bits per heavy atom. The van der Waals surface area contributed by atoms with Crippen LogP contribution in [0.4, 0.5) is 0 Å². The zero-order chi connectivity index (χ0) is 16.7. The number of halogens is 1. The third kappa shape index (κ3) is 1.80. The fourth-order valence-electron chi connectivity index (χ4n) is 5.99. The van der Waals surface area contributed by atoms with Gasteiger partial charge in [-0.3, -0.25) is 4.90 Å². The van der Waals surface area contributed by atoms with Gasteiger partial charge in [0.15, 0.2) is 11.5 Å². The van der Waals surface area contributed by atoms with Crippen molar-refractivity contribution in [3.05, 3.63) is 35.9 Å². The maximum absolute atomic E-state index is 11.9.